The van der Waals surface area contributed by atoms with Crippen LogP contribution < -0.4 is 0 Å². The van der Waals surface area contributed by atoms with Crippen LogP contribution in [-0.4, -0.2) is 17.4 Å². The fraction of sp³-hybridized carbons (Fsp3) is 0.167. The molecule has 0 atom stereocenters. The van der Waals surface area contributed by atoms with Gasteiger partial charge in [0.15, 0.2) is 0 Å². The minimum atomic E-state index is 0.0550. The summed E-state index contributed by atoms with van der Waals surface area (Å²) in [6, 6.07) is 15.8. The highest BCUT2D eigenvalue weighted by Crippen LogP contribution is 2.19. The van der Waals surface area contributed by atoms with Crippen LogP contribution in [-0.2, 0) is 17.8 Å². The van der Waals surface area contributed by atoms with Crippen molar-refractivity contribution in [3.8, 4) is 0 Å². The summed E-state index contributed by atoms with van der Waals surface area (Å²) in [5, 5.41) is 0.700. The number of fused-ring (bicyclic) bond motifs is 1. The molecule has 0 spiro atoms. The fourth-order valence-electron chi connectivity index (χ4n) is 2.53. The first-order valence-electron chi connectivity index (χ1n) is 7.02. The molecule has 0 saturated heterocycles. The number of benzene rings is 2. The number of carbonyl (C=O) groups is 1. The molecule has 1 amide bonds. The summed E-state index contributed by atoms with van der Waals surface area (Å²) in [6.45, 7) is 1.47. The number of amides is 1. The van der Waals surface area contributed by atoms with Crippen molar-refractivity contribution >= 4 is 23.6 Å². The van der Waals surface area contributed by atoms with Gasteiger partial charge >= 0.3 is 0 Å². The number of halogens is 1. The molecule has 1 heterocycles. The van der Waals surface area contributed by atoms with Gasteiger partial charge in [0.05, 0.1) is 0 Å². The molecule has 0 aromatic heterocycles. The van der Waals surface area contributed by atoms with Gasteiger partial charge in [0, 0.05) is 24.2 Å². The molecule has 0 N–H and O–H groups in total. The molecular weight excluding hydrogens is 282 g/mol. The molecule has 106 valence electrons. The summed E-state index contributed by atoms with van der Waals surface area (Å²) >= 11 is 5.84. The molecule has 0 bridgehead atoms. The van der Waals surface area contributed by atoms with E-state index in [9.17, 15) is 4.79 Å². The van der Waals surface area contributed by atoms with Gasteiger partial charge in [0.1, 0.15) is 0 Å². The van der Waals surface area contributed by atoms with Gasteiger partial charge in [-0.05, 0) is 41.3 Å². The highest BCUT2D eigenvalue weighted by molar-refractivity contribution is 6.30. The zero-order valence-electron chi connectivity index (χ0n) is 11.6. The van der Waals surface area contributed by atoms with Crippen molar-refractivity contribution in [2.75, 3.05) is 6.54 Å². The van der Waals surface area contributed by atoms with Crippen LogP contribution in [0.2, 0.25) is 5.02 Å². The third-order valence-corrected chi connectivity index (χ3v) is 3.98. The third kappa shape index (κ3) is 3.34. The maximum absolute atomic E-state index is 12.3. The van der Waals surface area contributed by atoms with Gasteiger partial charge in [-0.3, -0.25) is 4.79 Å². The predicted molar refractivity (Wildman–Crippen MR) is 86.0 cm³/mol. The van der Waals surface area contributed by atoms with Gasteiger partial charge in [-0.1, -0.05) is 48.0 Å². The number of nitrogens with zero attached hydrogens (tertiary/aromatic N) is 1. The van der Waals surface area contributed by atoms with E-state index in [0.717, 1.165) is 18.5 Å². The summed E-state index contributed by atoms with van der Waals surface area (Å²) in [4.78, 5) is 14.1. The number of carbonyl (C=O) groups excluding carboxylic acids is 1. The first-order chi connectivity index (χ1) is 10.2. The summed E-state index contributed by atoms with van der Waals surface area (Å²) in [5.74, 6) is 0.0550. The number of rotatable bonds is 2. The van der Waals surface area contributed by atoms with Crippen molar-refractivity contribution < 1.29 is 4.79 Å². The maximum atomic E-state index is 12.3. The van der Waals surface area contributed by atoms with E-state index in [1.165, 1.54) is 11.1 Å². The lowest BCUT2D eigenvalue weighted by atomic mass is 10.00. The van der Waals surface area contributed by atoms with E-state index >= 15 is 0 Å². The normalized spacial score (nSPS) is 14.2. The molecule has 3 heteroatoms. The van der Waals surface area contributed by atoms with E-state index in [1.54, 1.807) is 6.08 Å². The number of hydrogen-bond acceptors (Lipinski definition) is 1. The van der Waals surface area contributed by atoms with Crippen LogP contribution in [0.15, 0.2) is 54.6 Å². The smallest absolute Gasteiger partial charge is 0.246 e. The van der Waals surface area contributed by atoms with E-state index in [4.69, 9.17) is 11.6 Å². The summed E-state index contributed by atoms with van der Waals surface area (Å²) in [6.07, 6.45) is 4.40. The molecular formula is C18H16ClNO. The van der Waals surface area contributed by atoms with Gasteiger partial charge in [-0.25, -0.2) is 0 Å². The molecule has 2 nitrogen and oxygen atoms in total. The Bertz CT molecular complexity index is 676. The Balaban J connectivity index is 1.68. The van der Waals surface area contributed by atoms with Crippen molar-refractivity contribution in [2.24, 2.45) is 0 Å². The molecule has 0 radical (unpaired) electrons. The maximum Gasteiger partial charge on any atom is 0.246 e. The van der Waals surface area contributed by atoms with E-state index in [2.05, 4.69) is 18.2 Å². The molecule has 1 aliphatic rings. The first-order valence-corrected chi connectivity index (χ1v) is 7.39. The van der Waals surface area contributed by atoms with Gasteiger partial charge < -0.3 is 4.90 Å². The average Bonchev–Trinajstić information content (AvgIpc) is 2.53. The average molecular weight is 298 g/mol. The summed E-state index contributed by atoms with van der Waals surface area (Å²) in [5.41, 5.74) is 3.57. The minimum absolute atomic E-state index is 0.0550. The molecule has 0 fully saturated rings. The van der Waals surface area contributed by atoms with Gasteiger partial charge in [0.2, 0.25) is 5.91 Å². The van der Waals surface area contributed by atoms with E-state index in [0.29, 0.717) is 11.6 Å². The standard InChI is InChI=1S/C18H16ClNO/c19-17-8-5-14(6-9-17)7-10-18(21)20-12-11-15-3-1-2-4-16(15)13-20/h1-10H,11-13H2. The third-order valence-electron chi connectivity index (χ3n) is 3.73. The molecule has 2 aromatic rings. The monoisotopic (exact) mass is 297 g/mol. The Labute approximate surface area is 129 Å². The quantitative estimate of drug-likeness (QED) is 0.769. The van der Waals surface area contributed by atoms with Crippen LogP contribution in [0.3, 0.4) is 0 Å². The Morgan fingerprint density at radius 1 is 1.05 bits per heavy atom. The van der Waals surface area contributed by atoms with Crippen LogP contribution >= 0.6 is 11.6 Å². The van der Waals surface area contributed by atoms with Crippen molar-refractivity contribution in [1.29, 1.82) is 0 Å². The summed E-state index contributed by atoms with van der Waals surface area (Å²) in [7, 11) is 0. The van der Waals surface area contributed by atoms with Crippen LogP contribution in [0.25, 0.3) is 6.08 Å². The highest BCUT2D eigenvalue weighted by atomic mass is 35.5. The van der Waals surface area contributed by atoms with Crippen molar-refractivity contribution in [1.82, 2.24) is 4.90 Å². The predicted octanol–water partition coefficient (Wildman–Crippen LogP) is 3.94. The van der Waals surface area contributed by atoms with E-state index in [1.807, 2.05) is 41.3 Å². The van der Waals surface area contributed by atoms with Crippen LogP contribution in [0.1, 0.15) is 16.7 Å². The SMILES string of the molecule is O=C(C=Cc1ccc(Cl)cc1)N1CCc2ccccc2C1. The van der Waals surface area contributed by atoms with Crippen LogP contribution in [0, 0.1) is 0 Å². The summed E-state index contributed by atoms with van der Waals surface area (Å²) < 4.78 is 0. The van der Waals surface area contributed by atoms with Crippen LogP contribution in [0.4, 0.5) is 0 Å². The molecule has 21 heavy (non-hydrogen) atoms. The Morgan fingerprint density at radius 2 is 1.76 bits per heavy atom. The van der Waals surface area contributed by atoms with Crippen LogP contribution in [0.5, 0.6) is 0 Å². The molecule has 2 aromatic carbocycles. The number of hydrogen-bond donors (Lipinski definition) is 0. The van der Waals surface area contributed by atoms with Gasteiger partial charge in [-0.2, -0.15) is 0 Å². The molecule has 1 aliphatic heterocycles. The molecule has 0 unspecified atom stereocenters. The van der Waals surface area contributed by atoms with Crippen molar-refractivity contribution in [2.45, 2.75) is 13.0 Å². The second kappa shape index (κ2) is 6.15. The van der Waals surface area contributed by atoms with E-state index in [-0.39, 0.29) is 5.91 Å². The Kier molecular flexibility index (Phi) is 4.07. The second-order valence-electron chi connectivity index (χ2n) is 5.16. The lowest BCUT2D eigenvalue weighted by Gasteiger charge is -2.27. The Hall–Kier alpha value is -2.06. The molecule has 0 saturated carbocycles. The lowest BCUT2D eigenvalue weighted by molar-refractivity contribution is -0.126. The fourth-order valence-corrected chi connectivity index (χ4v) is 2.66. The van der Waals surface area contributed by atoms with Gasteiger partial charge in [-0.15, -0.1) is 0 Å². The minimum Gasteiger partial charge on any atom is -0.334 e. The zero-order valence-corrected chi connectivity index (χ0v) is 12.4. The van der Waals surface area contributed by atoms with Crippen molar-refractivity contribution in [3.63, 3.8) is 0 Å². The van der Waals surface area contributed by atoms with Gasteiger partial charge in [0.25, 0.3) is 0 Å². The van der Waals surface area contributed by atoms with E-state index < -0.39 is 0 Å². The Morgan fingerprint density at radius 3 is 2.52 bits per heavy atom. The van der Waals surface area contributed by atoms with Crippen molar-refractivity contribution in [3.05, 3.63) is 76.3 Å². The first kappa shape index (κ1) is 13.9. The molecule has 3 rings (SSSR count). The topological polar surface area (TPSA) is 20.3 Å². The lowest BCUT2D eigenvalue weighted by Crippen LogP contribution is -2.34. The highest BCUT2D eigenvalue weighted by Gasteiger charge is 2.18. The zero-order chi connectivity index (χ0) is 14.7. The largest absolute Gasteiger partial charge is 0.334 e. The molecule has 0 aliphatic carbocycles. The second-order valence-corrected chi connectivity index (χ2v) is 5.60.